The van der Waals surface area contributed by atoms with Crippen molar-refractivity contribution >= 4 is 57.6 Å². The zero-order chi connectivity index (χ0) is 38.2. The van der Waals surface area contributed by atoms with E-state index < -0.39 is 41.6 Å². The van der Waals surface area contributed by atoms with Gasteiger partial charge in [-0.3, -0.25) is 14.5 Å². The maximum atomic E-state index is 14.2. The van der Waals surface area contributed by atoms with Crippen LogP contribution in [0.15, 0.2) is 91.1 Å². The highest BCUT2D eigenvalue weighted by Crippen LogP contribution is 2.31. The molecule has 14 heteroatoms. The molecule has 2 atom stereocenters. The van der Waals surface area contributed by atoms with E-state index >= 15 is 0 Å². The number of carbonyl (C=O) groups is 3. The molecule has 0 spiro atoms. The van der Waals surface area contributed by atoms with Crippen LogP contribution in [0, 0.1) is 11.6 Å². The summed E-state index contributed by atoms with van der Waals surface area (Å²) in [4.78, 5) is 42.6. The van der Waals surface area contributed by atoms with E-state index in [1.165, 1.54) is 6.07 Å². The van der Waals surface area contributed by atoms with E-state index in [9.17, 15) is 23.2 Å². The third-order valence-corrected chi connectivity index (χ3v) is 10.1. The van der Waals surface area contributed by atoms with Crippen LogP contribution in [0.5, 0.6) is 0 Å². The third-order valence-electron chi connectivity index (χ3n) is 9.43. The van der Waals surface area contributed by atoms with Gasteiger partial charge in [0.2, 0.25) is 11.8 Å². The Morgan fingerprint density at radius 2 is 1.52 bits per heavy atom. The maximum absolute atomic E-state index is 14.2. The number of fused-ring (bicyclic) bond motifs is 1. The van der Waals surface area contributed by atoms with Crippen molar-refractivity contribution in [3.05, 3.63) is 135 Å². The molecular weight excluding hydrogens is 735 g/mol. The van der Waals surface area contributed by atoms with Crippen molar-refractivity contribution in [1.82, 2.24) is 25.4 Å². The molecule has 6 N–H and O–H groups in total. The second kappa shape index (κ2) is 17.9. The van der Waals surface area contributed by atoms with Gasteiger partial charge in [-0.05, 0) is 79.0 Å². The Kier molecular flexibility index (Phi) is 12.8. The van der Waals surface area contributed by atoms with Crippen molar-refractivity contribution in [1.29, 1.82) is 0 Å². The first kappa shape index (κ1) is 38.7. The molecular formula is C40H41Cl2F2N7O3. The fraction of sp³-hybridized carbons (Fsp3) is 0.275. The number of hydrogen-bond acceptors (Lipinski definition) is 5. The molecule has 6 rings (SSSR count). The highest BCUT2D eigenvalue weighted by Gasteiger charge is 2.27. The number of hydrogen-bond donors (Lipinski definition) is 5. The Labute approximate surface area is 322 Å². The van der Waals surface area contributed by atoms with E-state index in [1.807, 2.05) is 47.0 Å². The largest absolute Gasteiger partial charge is 0.350 e. The SMILES string of the molecule is NC[C@H](NC(=O)[C@H](Cc1ccc(F)c(F)c1)NC(=O)Nc1ccc2c(CN3CCCC3)cn(Cc3c(Cl)cccc3Cl)c2c1)C(=O)NCc1ccccc1. The Balaban J connectivity index is 1.21. The van der Waals surface area contributed by atoms with Crippen molar-refractivity contribution in [2.45, 2.75) is 51.0 Å². The van der Waals surface area contributed by atoms with E-state index in [1.54, 1.807) is 24.3 Å². The first-order valence-electron chi connectivity index (χ1n) is 17.7. The van der Waals surface area contributed by atoms with E-state index in [2.05, 4.69) is 32.4 Å². The minimum absolute atomic E-state index is 0.209. The van der Waals surface area contributed by atoms with Gasteiger partial charge in [-0.2, -0.15) is 0 Å². The van der Waals surface area contributed by atoms with Gasteiger partial charge in [0, 0.05) is 58.9 Å². The summed E-state index contributed by atoms with van der Waals surface area (Å²) in [5, 5.41) is 12.9. The number of nitrogens with one attached hydrogen (secondary N) is 4. The molecule has 2 heterocycles. The summed E-state index contributed by atoms with van der Waals surface area (Å²) in [6.07, 6.45) is 4.18. The number of nitrogens with zero attached hydrogens (tertiary/aromatic N) is 2. The summed E-state index contributed by atoms with van der Waals surface area (Å²) >= 11 is 13.1. The lowest BCUT2D eigenvalue weighted by molar-refractivity contribution is -0.129. The molecule has 0 radical (unpaired) electrons. The van der Waals surface area contributed by atoms with Crippen molar-refractivity contribution < 1.29 is 23.2 Å². The highest BCUT2D eigenvalue weighted by atomic mass is 35.5. The monoisotopic (exact) mass is 775 g/mol. The van der Waals surface area contributed by atoms with E-state index in [-0.39, 0.29) is 25.1 Å². The molecule has 4 amide bonds. The Morgan fingerprint density at radius 1 is 0.778 bits per heavy atom. The lowest BCUT2D eigenvalue weighted by Crippen LogP contribution is -2.57. The molecule has 1 aliphatic rings. The van der Waals surface area contributed by atoms with Crippen LogP contribution in [0.4, 0.5) is 19.3 Å². The number of urea groups is 1. The summed E-state index contributed by atoms with van der Waals surface area (Å²) < 4.78 is 30.0. The van der Waals surface area contributed by atoms with Crippen LogP contribution < -0.4 is 27.0 Å². The predicted octanol–water partition coefficient (Wildman–Crippen LogP) is 6.36. The summed E-state index contributed by atoms with van der Waals surface area (Å²) in [6.45, 7) is 3.18. The molecule has 54 heavy (non-hydrogen) atoms. The smallest absolute Gasteiger partial charge is 0.319 e. The molecule has 10 nitrogen and oxygen atoms in total. The number of amides is 4. The summed E-state index contributed by atoms with van der Waals surface area (Å²) in [6, 6.07) is 20.2. The number of nitrogens with two attached hydrogens (primary N) is 1. The number of anilines is 1. The molecule has 1 aliphatic heterocycles. The fourth-order valence-electron chi connectivity index (χ4n) is 6.59. The number of halogens is 4. The third kappa shape index (κ3) is 9.74. The van der Waals surface area contributed by atoms with Gasteiger partial charge < -0.3 is 31.6 Å². The first-order chi connectivity index (χ1) is 26.1. The molecule has 4 aromatic carbocycles. The van der Waals surface area contributed by atoms with Crippen LogP contribution in [-0.2, 0) is 35.6 Å². The average Bonchev–Trinajstić information content (AvgIpc) is 3.80. The van der Waals surface area contributed by atoms with Gasteiger partial charge in [-0.15, -0.1) is 0 Å². The molecule has 0 unspecified atom stereocenters. The first-order valence-corrected chi connectivity index (χ1v) is 18.4. The van der Waals surface area contributed by atoms with Gasteiger partial charge in [-0.25, -0.2) is 13.6 Å². The van der Waals surface area contributed by atoms with Gasteiger partial charge in [-0.1, -0.05) is 71.7 Å². The van der Waals surface area contributed by atoms with E-state index in [0.29, 0.717) is 22.3 Å². The van der Waals surface area contributed by atoms with Crippen LogP contribution in [0.1, 0.15) is 35.1 Å². The zero-order valence-electron chi connectivity index (χ0n) is 29.4. The van der Waals surface area contributed by atoms with Gasteiger partial charge in [0.05, 0.1) is 12.1 Å². The molecule has 5 aromatic rings. The minimum atomic E-state index is -1.30. The van der Waals surface area contributed by atoms with E-state index in [0.717, 1.165) is 72.2 Å². The molecule has 0 saturated carbocycles. The van der Waals surface area contributed by atoms with Crippen LogP contribution >= 0.6 is 23.2 Å². The lowest BCUT2D eigenvalue weighted by atomic mass is 10.0. The molecule has 1 saturated heterocycles. The van der Waals surface area contributed by atoms with Crippen molar-refractivity contribution in [3.8, 4) is 0 Å². The Bertz CT molecular complexity index is 2110. The average molecular weight is 777 g/mol. The minimum Gasteiger partial charge on any atom is -0.350 e. The molecule has 1 aromatic heterocycles. The van der Waals surface area contributed by atoms with Crippen LogP contribution in [0.3, 0.4) is 0 Å². The summed E-state index contributed by atoms with van der Waals surface area (Å²) in [5.41, 5.74) is 10.1. The second-order valence-corrected chi connectivity index (χ2v) is 14.1. The molecule has 1 fully saturated rings. The number of aromatic nitrogens is 1. The number of benzene rings is 4. The van der Waals surface area contributed by atoms with Crippen molar-refractivity contribution in [2.24, 2.45) is 5.73 Å². The molecule has 0 aliphatic carbocycles. The highest BCUT2D eigenvalue weighted by molar-refractivity contribution is 6.36. The second-order valence-electron chi connectivity index (χ2n) is 13.3. The Morgan fingerprint density at radius 3 is 2.22 bits per heavy atom. The Hall–Kier alpha value is -5.01. The van der Waals surface area contributed by atoms with Gasteiger partial charge in [0.15, 0.2) is 11.6 Å². The van der Waals surface area contributed by atoms with E-state index in [4.69, 9.17) is 28.9 Å². The van der Waals surface area contributed by atoms with Crippen molar-refractivity contribution in [3.63, 3.8) is 0 Å². The number of likely N-dealkylation sites (tertiary alicyclic amines) is 1. The van der Waals surface area contributed by atoms with Crippen LogP contribution in [0.2, 0.25) is 10.0 Å². The van der Waals surface area contributed by atoms with Gasteiger partial charge >= 0.3 is 6.03 Å². The summed E-state index contributed by atoms with van der Waals surface area (Å²) in [7, 11) is 0. The summed E-state index contributed by atoms with van der Waals surface area (Å²) in [5.74, 6) is -3.42. The maximum Gasteiger partial charge on any atom is 0.319 e. The van der Waals surface area contributed by atoms with Crippen LogP contribution in [-0.4, -0.2) is 59.0 Å². The van der Waals surface area contributed by atoms with Crippen molar-refractivity contribution in [2.75, 3.05) is 25.0 Å². The zero-order valence-corrected chi connectivity index (χ0v) is 30.9. The lowest BCUT2D eigenvalue weighted by Gasteiger charge is -2.23. The molecule has 282 valence electrons. The number of carbonyl (C=O) groups excluding carboxylic acids is 3. The fourth-order valence-corrected chi connectivity index (χ4v) is 7.10. The quantitative estimate of drug-likeness (QED) is 0.0896. The number of rotatable bonds is 14. The van der Waals surface area contributed by atoms with Gasteiger partial charge in [0.25, 0.3) is 0 Å². The molecule has 0 bridgehead atoms. The topological polar surface area (TPSA) is 134 Å². The predicted molar refractivity (Wildman–Crippen MR) is 207 cm³/mol. The normalized spacial score (nSPS) is 14.1. The van der Waals surface area contributed by atoms with Gasteiger partial charge in [0.1, 0.15) is 12.1 Å². The standard InChI is InChI=1S/C40H41Cl2F2N7O3/c41-31-9-6-10-32(42)30(31)24-51-23-27(22-50-15-4-5-16-50)29-13-12-28(19-37(29)51)47-40(54)49-35(18-26-11-14-33(43)34(44)17-26)39(53)48-36(20-45)38(52)46-21-25-7-2-1-3-8-25/h1-3,6-14,17,19,23,35-36H,4-5,15-16,18,20-22,24,45H2,(H,46,52)(H,48,53)(H2,47,49,54)/t35-,36-/m0/s1. The van der Waals surface area contributed by atoms with Crippen LogP contribution in [0.25, 0.3) is 10.9 Å².